The Labute approximate surface area is 209 Å². The van der Waals surface area contributed by atoms with Crippen molar-refractivity contribution in [3.63, 3.8) is 0 Å². The minimum Gasteiger partial charge on any atom is -0.296 e. The standard InChI is InChI=1S/C28H34F6N2/c1-5-16-36(18-21-10-8-7-9-11-21)23(6-2)14-15-26(19-35,20(3)4)22-12-13-24(27(29,30)31)25(17-22)28(32,33)34/h7-13,17,20,23H,5-6,14-16,18H2,1-4H3. The monoisotopic (exact) mass is 512 g/mol. The van der Waals surface area contributed by atoms with E-state index in [1.54, 1.807) is 13.8 Å². The highest BCUT2D eigenvalue weighted by atomic mass is 19.4. The molecule has 0 spiro atoms. The predicted octanol–water partition coefficient (Wildman–Crippen LogP) is 8.61. The van der Waals surface area contributed by atoms with Crippen molar-refractivity contribution < 1.29 is 26.3 Å². The second-order valence-corrected chi connectivity index (χ2v) is 9.55. The fraction of sp³-hybridized carbons (Fsp3) is 0.536. The molecule has 0 saturated heterocycles. The van der Waals surface area contributed by atoms with Crippen molar-refractivity contribution in [2.24, 2.45) is 5.92 Å². The molecule has 0 aromatic heterocycles. The third kappa shape index (κ3) is 7.03. The van der Waals surface area contributed by atoms with Crippen LogP contribution in [0, 0.1) is 17.2 Å². The van der Waals surface area contributed by atoms with Gasteiger partial charge in [-0.25, -0.2) is 0 Å². The lowest BCUT2D eigenvalue weighted by Crippen LogP contribution is -2.38. The maximum absolute atomic E-state index is 13.6. The minimum atomic E-state index is -5.20. The number of halogens is 6. The van der Waals surface area contributed by atoms with Gasteiger partial charge in [0.2, 0.25) is 0 Å². The molecule has 0 radical (unpaired) electrons. The first kappa shape index (κ1) is 29.7. The van der Waals surface area contributed by atoms with Gasteiger partial charge >= 0.3 is 12.4 Å². The highest BCUT2D eigenvalue weighted by Gasteiger charge is 2.45. The van der Waals surface area contributed by atoms with E-state index in [4.69, 9.17) is 0 Å². The van der Waals surface area contributed by atoms with E-state index >= 15 is 0 Å². The van der Waals surface area contributed by atoms with E-state index in [1.807, 2.05) is 37.3 Å². The van der Waals surface area contributed by atoms with Crippen molar-refractivity contribution in [3.8, 4) is 6.07 Å². The normalized spacial score (nSPS) is 15.1. The maximum Gasteiger partial charge on any atom is 0.417 e. The zero-order chi connectivity index (χ0) is 27.1. The number of nitrogens with zero attached hydrogens (tertiary/aromatic N) is 2. The largest absolute Gasteiger partial charge is 0.417 e. The van der Waals surface area contributed by atoms with Gasteiger partial charge in [-0.05, 0) is 61.4 Å². The first-order valence-corrected chi connectivity index (χ1v) is 12.3. The molecule has 0 aliphatic heterocycles. The van der Waals surface area contributed by atoms with Gasteiger partial charge in [0.15, 0.2) is 0 Å². The third-order valence-corrected chi connectivity index (χ3v) is 6.93. The molecule has 36 heavy (non-hydrogen) atoms. The van der Waals surface area contributed by atoms with Gasteiger partial charge < -0.3 is 0 Å². The lowest BCUT2D eigenvalue weighted by molar-refractivity contribution is -0.162. The molecular weight excluding hydrogens is 478 g/mol. The molecule has 0 heterocycles. The van der Waals surface area contributed by atoms with Gasteiger partial charge in [-0.3, -0.25) is 4.90 Å². The van der Waals surface area contributed by atoms with Crippen molar-refractivity contribution >= 4 is 0 Å². The second kappa shape index (κ2) is 12.1. The Morgan fingerprint density at radius 1 is 0.889 bits per heavy atom. The van der Waals surface area contributed by atoms with E-state index in [0.717, 1.165) is 31.0 Å². The van der Waals surface area contributed by atoms with Crippen molar-refractivity contribution in [1.82, 2.24) is 4.90 Å². The van der Waals surface area contributed by atoms with Gasteiger partial charge in [-0.15, -0.1) is 0 Å². The van der Waals surface area contributed by atoms with Crippen LogP contribution < -0.4 is 0 Å². The molecule has 2 aromatic rings. The molecule has 0 fully saturated rings. The zero-order valence-corrected chi connectivity index (χ0v) is 21.2. The highest BCUT2D eigenvalue weighted by Crippen LogP contribution is 2.44. The predicted molar refractivity (Wildman–Crippen MR) is 129 cm³/mol. The van der Waals surface area contributed by atoms with Gasteiger partial charge in [0.1, 0.15) is 0 Å². The van der Waals surface area contributed by atoms with E-state index in [9.17, 15) is 31.6 Å². The summed E-state index contributed by atoms with van der Waals surface area (Å²) in [5, 5.41) is 10.2. The number of alkyl halides is 6. The maximum atomic E-state index is 13.6. The van der Waals surface area contributed by atoms with E-state index in [1.165, 1.54) is 0 Å². The quantitative estimate of drug-likeness (QED) is 0.282. The van der Waals surface area contributed by atoms with Crippen molar-refractivity contribution in [1.29, 1.82) is 5.26 Å². The van der Waals surface area contributed by atoms with Crippen LogP contribution in [0.15, 0.2) is 48.5 Å². The van der Waals surface area contributed by atoms with E-state index in [2.05, 4.69) is 17.9 Å². The Morgan fingerprint density at radius 3 is 1.97 bits per heavy atom. The van der Waals surface area contributed by atoms with Crippen LogP contribution in [0.2, 0.25) is 0 Å². The lowest BCUT2D eigenvalue weighted by atomic mass is 9.68. The van der Waals surface area contributed by atoms with Gasteiger partial charge in [0.25, 0.3) is 0 Å². The van der Waals surface area contributed by atoms with E-state index in [-0.39, 0.29) is 18.0 Å². The molecule has 0 aliphatic carbocycles. The van der Waals surface area contributed by atoms with Crippen LogP contribution in [-0.2, 0) is 24.3 Å². The fourth-order valence-corrected chi connectivity index (χ4v) is 4.85. The molecule has 2 rings (SSSR count). The number of nitriles is 1. The number of rotatable bonds is 11. The number of benzene rings is 2. The summed E-state index contributed by atoms with van der Waals surface area (Å²) < 4.78 is 80.8. The fourth-order valence-electron chi connectivity index (χ4n) is 4.85. The topological polar surface area (TPSA) is 27.0 Å². The summed E-state index contributed by atoms with van der Waals surface area (Å²) in [4.78, 5) is 2.31. The molecule has 0 saturated carbocycles. The third-order valence-electron chi connectivity index (χ3n) is 6.93. The molecule has 2 atom stereocenters. The van der Waals surface area contributed by atoms with E-state index in [0.29, 0.717) is 25.1 Å². The van der Waals surface area contributed by atoms with Crippen molar-refractivity contribution in [2.45, 2.75) is 83.7 Å². The van der Waals surface area contributed by atoms with Crippen LogP contribution in [0.25, 0.3) is 0 Å². The molecule has 198 valence electrons. The Hall–Kier alpha value is -2.53. The lowest BCUT2D eigenvalue weighted by Gasteiger charge is -2.36. The minimum absolute atomic E-state index is 0.0275. The molecule has 2 nitrogen and oxygen atoms in total. The van der Waals surface area contributed by atoms with Crippen LogP contribution in [0.4, 0.5) is 26.3 Å². The van der Waals surface area contributed by atoms with Gasteiger partial charge in [0.05, 0.1) is 22.6 Å². The van der Waals surface area contributed by atoms with E-state index < -0.39 is 34.8 Å². The average molecular weight is 513 g/mol. The molecule has 0 amide bonds. The zero-order valence-electron chi connectivity index (χ0n) is 21.2. The van der Waals surface area contributed by atoms with Gasteiger partial charge in [-0.1, -0.05) is 64.1 Å². The SMILES string of the molecule is CCCN(Cc1ccccc1)C(CC)CCC(C#N)(c1ccc(C(F)(F)F)c(C(F)(F)F)c1)C(C)C. The number of hydrogen-bond donors (Lipinski definition) is 0. The van der Waals surface area contributed by atoms with Crippen LogP contribution in [0.1, 0.15) is 75.6 Å². The summed E-state index contributed by atoms with van der Waals surface area (Å²) in [6.07, 6.45) is -7.91. The summed E-state index contributed by atoms with van der Waals surface area (Å²) in [7, 11) is 0. The molecule has 0 N–H and O–H groups in total. The molecule has 2 aromatic carbocycles. The van der Waals surface area contributed by atoms with Gasteiger partial charge in [0, 0.05) is 12.6 Å². The Bertz CT molecular complexity index is 1010. The van der Waals surface area contributed by atoms with Crippen LogP contribution in [0.5, 0.6) is 0 Å². The second-order valence-electron chi connectivity index (χ2n) is 9.55. The Balaban J connectivity index is 2.44. The van der Waals surface area contributed by atoms with Crippen LogP contribution in [0.3, 0.4) is 0 Å². The molecule has 0 aliphatic rings. The average Bonchev–Trinajstić information content (AvgIpc) is 2.81. The molecule has 0 bridgehead atoms. The smallest absolute Gasteiger partial charge is 0.296 e. The van der Waals surface area contributed by atoms with Crippen LogP contribution in [-0.4, -0.2) is 17.5 Å². The van der Waals surface area contributed by atoms with Gasteiger partial charge in [-0.2, -0.15) is 31.6 Å². The summed E-state index contributed by atoms with van der Waals surface area (Å²) in [5.74, 6) is -0.411. The van der Waals surface area contributed by atoms with Crippen molar-refractivity contribution in [2.75, 3.05) is 6.54 Å². The number of hydrogen-bond acceptors (Lipinski definition) is 2. The Morgan fingerprint density at radius 2 is 1.50 bits per heavy atom. The molecule has 2 unspecified atom stereocenters. The summed E-state index contributed by atoms with van der Waals surface area (Å²) >= 11 is 0. The highest BCUT2D eigenvalue weighted by molar-refractivity contribution is 5.42. The Kier molecular flexibility index (Phi) is 10.0. The summed E-state index contributed by atoms with van der Waals surface area (Å²) in [5.41, 5.74) is -3.74. The molecule has 8 heteroatoms. The summed E-state index contributed by atoms with van der Waals surface area (Å²) in [6, 6.07) is 14.2. The first-order chi connectivity index (χ1) is 16.8. The summed E-state index contributed by atoms with van der Waals surface area (Å²) in [6.45, 7) is 9.06. The van der Waals surface area contributed by atoms with Crippen molar-refractivity contribution in [3.05, 3.63) is 70.8 Å². The molecular formula is C28H34F6N2. The first-order valence-electron chi connectivity index (χ1n) is 12.3. The van der Waals surface area contributed by atoms with Crippen LogP contribution >= 0.6 is 0 Å².